The molecule has 1 aromatic heterocycles. The average Bonchev–Trinajstić information content (AvgIpc) is 2.71. The number of nitrogens with zero attached hydrogens (tertiary/aromatic N) is 1. The molecule has 28 heavy (non-hydrogen) atoms. The van der Waals surface area contributed by atoms with E-state index >= 15 is 0 Å². The zero-order valence-electron chi connectivity index (χ0n) is 15.5. The van der Waals surface area contributed by atoms with E-state index in [-0.39, 0.29) is 18.4 Å². The second-order valence-corrected chi connectivity index (χ2v) is 6.78. The molecule has 3 aromatic rings. The molecule has 3 rings (SSSR count). The van der Waals surface area contributed by atoms with Crippen LogP contribution in [0.25, 0.3) is 10.9 Å². The van der Waals surface area contributed by atoms with Crippen LogP contribution in [0.1, 0.15) is 22.8 Å². The lowest BCUT2D eigenvalue weighted by molar-refractivity contribution is -0.147. The summed E-state index contributed by atoms with van der Waals surface area (Å²) in [5, 5.41) is 4.08. The van der Waals surface area contributed by atoms with Crippen molar-refractivity contribution in [1.29, 1.82) is 0 Å². The number of hydrogen-bond donors (Lipinski definition) is 1. The molecular formula is C22H21ClN2O3. The number of hydrogen-bond acceptors (Lipinski definition) is 4. The highest BCUT2D eigenvalue weighted by Gasteiger charge is 2.21. The number of rotatable bonds is 7. The Morgan fingerprint density at radius 2 is 1.89 bits per heavy atom. The van der Waals surface area contributed by atoms with Gasteiger partial charge in [0, 0.05) is 17.5 Å². The van der Waals surface area contributed by atoms with Crippen LogP contribution in [-0.4, -0.2) is 30.0 Å². The Bertz CT molecular complexity index is 976. The maximum atomic E-state index is 12.6. The van der Waals surface area contributed by atoms with E-state index in [9.17, 15) is 9.59 Å². The first-order valence-corrected chi connectivity index (χ1v) is 9.49. The van der Waals surface area contributed by atoms with Crippen molar-refractivity contribution in [3.8, 4) is 0 Å². The molecule has 0 fully saturated rings. The van der Waals surface area contributed by atoms with Gasteiger partial charge in [-0.2, -0.15) is 0 Å². The molecule has 0 saturated heterocycles. The van der Waals surface area contributed by atoms with Crippen molar-refractivity contribution in [3.05, 3.63) is 76.9 Å². The third-order valence-corrected chi connectivity index (χ3v) is 4.58. The van der Waals surface area contributed by atoms with Crippen LogP contribution in [0, 0.1) is 5.92 Å². The molecule has 5 nitrogen and oxygen atoms in total. The summed E-state index contributed by atoms with van der Waals surface area (Å²) in [7, 11) is 0. The Morgan fingerprint density at radius 3 is 2.64 bits per heavy atom. The van der Waals surface area contributed by atoms with Crippen LogP contribution in [0.15, 0.2) is 60.7 Å². The van der Waals surface area contributed by atoms with E-state index in [1.165, 1.54) is 0 Å². The third kappa shape index (κ3) is 5.08. The molecule has 1 amide bonds. The van der Waals surface area contributed by atoms with Gasteiger partial charge in [-0.1, -0.05) is 41.9 Å². The van der Waals surface area contributed by atoms with Crippen molar-refractivity contribution in [3.63, 3.8) is 0 Å². The summed E-state index contributed by atoms with van der Waals surface area (Å²) in [4.78, 5) is 29.1. The van der Waals surface area contributed by atoms with Gasteiger partial charge in [0.25, 0.3) is 5.91 Å². The van der Waals surface area contributed by atoms with Crippen molar-refractivity contribution in [2.75, 3.05) is 13.2 Å². The summed E-state index contributed by atoms with van der Waals surface area (Å²) in [6.07, 6.45) is 0.500. The highest BCUT2D eigenvalue weighted by Crippen LogP contribution is 2.17. The second-order valence-electron chi connectivity index (χ2n) is 6.39. The topological polar surface area (TPSA) is 68.3 Å². The summed E-state index contributed by atoms with van der Waals surface area (Å²) < 4.78 is 5.17. The molecule has 0 aliphatic heterocycles. The number of nitrogens with one attached hydrogen (secondary N) is 1. The first kappa shape index (κ1) is 19.8. The van der Waals surface area contributed by atoms with Gasteiger partial charge in [-0.15, -0.1) is 0 Å². The Labute approximate surface area is 168 Å². The quantitative estimate of drug-likeness (QED) is 0.483. The lowest BCUT2D eigenvalue weighted by Gasteiger charge is -2.16. The predicted octanol–water partition coefficient (Wildman–Crippen LogP) is 4.04. The van der Waals surface area contributed by atoms with E-state index in [2.05, 4.69) is 10.3 Å². The maximum absolute atomic E-state index is 12.6. The normalized spacial score (nSPS) is 11.8. The van der Waals surface area contributed by atoms with Gasteiger partial charge in [0.05, 0.1) is 18.0 Å². The molecular weight excluding hydrogens is 376 g/mol. The Balaban J connectivity index is 1.70. The highest BCUT2D eigenvalue weighted by atomic mass is 35.5. The first-order valence-electron chi connectivity index (χ1n) is 9.12. The van der Waals surface area contributed by atoms with Crippen LogP contribution in [0.3, 0.4) is 0 Å². The predicted molar refractivity (Wildman–Crippen MR) is 109 cm³/mol. The van der Waals surface area contributed by atoms with Crippen LogP contribution in [0.2, 0.25) is 5.15 Å². The monoisotopic (exact) mass is 396 g/mol. The number of carbonyl (C=O) groups excluding carboxylic acids is 2. The Morgan fingerprint density at radius 1 is 1.11 bits per heavy atom. The number of pyridine rings is 1. The molecule has 0 aliphatic rings. The summed E-state index contributed by atoms with van der Waals surface area (Å²) in [6, 6.07) is 18.4. The van der Waals surface area contributed by atoms with E-state index in [4.69, 9.17) is 16.3 Å². The summed E-state index contributed by atoms with van der Waals surface area (Å²) >= 11 is 5.89. The number of amides is 1. The summed E-state index contributed by atoms with van der Waals surface area (Å²) in [5.74, 6) is -1.02. The first-order chi connectivity index (χ1) is 13.6. The van der Waals surface area contributed by atoms with Crippen molar-refractivity contribution in [1.82, 2.24) is 10.3 Å². The van der Waals surface area contributed by atoms with Gasteiger partial charge in [-0.25, -0.2) is 4.98 Å². The van der Waals surface area contributed by atoms with E-state index in [1.54, 1.807) is 31.2 Å². The van der Waals surface area contributed by atoms with Gasteiger partial charge in [0.1, 0.15) is 5.15 Å². The molecule has 0 aliphatic carbocycles. The number of esters is 1. The van der Waals surface area contributed by atoms with Crippen molar-refractivity contribution >= 4 is 34.4 Å². The number of ether oxygens (including phenoxy) is 1. The molecule has 0 radical (unpaired) electrons. The molecule has 0 saturated carbocycles. The van der Waals surface area contributed by atoms with Gasteiger partial charge in [0.15, 0.2) is 0 Å². The van der Waals surface area contributed by atoms with Crippen molar-refractivity contribution < 1.29 is 14.3 Å². The molecule has 1 atom stereocenters. The minimum absolute atomic E-state index is 0.198. The molecule has 144 valence electrons. The minimum Gasteiger partial charge on any atom is -0.466 e. The number of halogens is 1. The zero-order chi connectivity index (χ0) is 19.9. The Kier molecular flexibility index (Phi) is 6.61. The zero-order valence-corrected chi connectivity index (χ0v) is 16.3. The summed E-state index contributed by atoms with van der Waals surface area (Å²) in [6.45, 7) is 2.27. The summed E-state index contributed by atoms with van der Waals surface area (Å²) in [5.41, 5.74) is 2.24. The van der Waals surface area contributed by atoms with Crippen LogP contribution in [0.5, 0.6) is 0 Å². The largest absolute Gasteiger partial charge is 0.466 e. The standard InChI is InChI=1S/C22H21ClN2O3/c1-2-28-22(27)18(12-15-6-4-3-5-7-15)14-24-21(26)17-8-10-19-16(13-17)9-11-20(23)25-19/h3-11,13,18H,2,12,14H2,1H3,(H,24,26). The molecule has 1 N–H and O–H groups in total. The minimum atomic E-state index is -0.452. The van der Waals surface area contributed by atoms with Crippen molar-refractivity contribution in [2.24, 2.45) is 5.92 Å². The van der Waals surface area contributed by atoms with Crippen LogP contribution in [0.4, 0.5) is 0 Å². The number of carbonyl (C=O) groups is 2. The second kappa shape index (κ2) is 9.33. The van der Waals surface area contributed by atoms with E-state index < -0.39 is 5.92 Å². The third-order valence-electron chi connectivity index (χ3n) is 4.37. The van der Waals surface area contributed by atoms with Crippen molar-refractivity contribution in [2.45, 2.75) is 13.3 Å². The fraction of sp³-hybridized carbons (Fsp3) is 0.227. The molecule has 0 bridgehead atoms. The highest BCUT2D eigenvalue weighted by molar-refractivity contribution is 6.29. The lowest BCUT2D eigenvalue weighted by Crippen LogP contribution is -2.35. The van der Waals surface area contributed by atoms with Crippen LogP contribution >= 0.6 is 11.6 Å². The van der Waals surface area contributed by atoms with Crippen LogP contribution < -0.4 is 5.32 Å². The molecule has 1 heterocycles. The fourth-order valence-electron chi connectivity index (χ4n) is 2.96. The van der Waals surface area contributed by atoms with Gasteiger partial charge in [-0.05, 0) is 49.2 Å². The smallest absolute Gasteiger partial charge is 0.311 e. The average molecular weight is 397 g/mol. The molecule has 6 heteroatoms. The van der Waals surface area contributed by atoms with E-state index in [0.29, 0.717) is 23.7 Å². The maximum Gasteiger partial charge on any atom is 0.311 e. The van der Waals surface area contributed by atoms with Gasteiger partial charge < -0.3 is 10.1 Å². The molecule has 0 spiro atoms. The van der Waals surface area contributed by atoms with E-state index in [0.717, 1.165) is 16.5 Å². The Hall–Kier alpha value is -2.92. The van der Waals surface area contributed by atoms with Crippen LogP contribution in [-0.2, 0) is 16.0 Å². The molecule has 2 aromatic carbocycles. The van der Waals surface area contributed by atoms with Gasteiger partial charge in [-0.3, -0.25) is 9.59 Å². The number of fused-ring (bicyclic) bond motifs is 1. The lowest BCUT2D eigenvalue weighted by atomic mass is 9.99. The van der Waals surface area contributed by atoms with Gasteiger partial charge >= 0.3 is 5.97 Å². The number of aromatic nitrogens is 1. The van der Waals surface area contributed by atoms with Gasteiger partial charge in [0.2, 0.25) is 0 Å². The molecule has 1 unspecified atom stereocenters. The SMILES string of the molecule is CCOC(=O)C(CNC(=O)c1ccc2nc(Cl)ccc2c1)Cc1ccccc1. The fourth-order valence-corrected chi connectivity index (χ4v) is 3.11. The number of benzene rings is 2. The van der Waals surface area contributed by atoms with E-state index in [1.807, 2.05) is 36.4 Å².